The van der Waals surface area contributed by atoms with E-state index in [1.165, 1.54) is 20.0 Å². The van der Waals surface area contributed by atoms with Gasteiger partial charge in [-0.25, -0.2) is 9.78 Å². The number of carbonyl (C=O) groups is 1. The largest absolute Gasteiger partial charge is 0.464 e. The van der Waals surface area contributed by atoms with Gasteiger partial charge in [0.15, 0.2) is 10.8 Å². The van der Waals surface area contributed by atoms with Crippen LogP contribution in [0.15, 0.2) is 0 Å². The molecule has 0 atom stereocenters. The van der Waals surface area contributed by atoms with Gasteiger partial charge in [-0.2, -0.15) is 0 Å². The third-order valence-electron chi connectivity index (χ3n) is 3.92. The number of methoxy groups -OCH3 is 1. The summed E-state index contributed by atoms with van der Waals surface area (Å²) in [6.07, 6.45) is 2.42. The second-order valence-electron chi connectivity index (χ2n) is 5.46. The van der Waals surface area contributed by atoms with E-state index in [2.05, 4.69) is 23.7 Å². The molecule has 1 aliphatic rings. The van der Waals surface area contributed by atoms with Gasteiger partial charge in [-0.05, 0) is 31.6 Å². The van der Waals surface area contributed by atoms with E-state index in [0.29, 0.717) is 5.69 Å². The summed E-state index contributed by atoms with van der Waals surface area (Å²) in [6.45, 7) is 8.59. The number of esters is 1. The van der Waals surface area contributed by atoms with Gasteiger partial charge in [0.2, 0.25) is 0 Å². The number of carbonyl (C=O) groups excluding carboxylic acids is 1. The predicted octanol–water partition coefficient (Wildman–Crippen LogP) is 3.11. The molecule has 1 aromatic heterocycles. The molecule has 0 spiro atoms. The maximum atomic E-state index is 11.6. The van der Waals surface area contributed by atoms with Crippen molar-refractivity contribution in [1.82, 2.24) is 4.98 Å². The Morgan fingerprint density at radius 2 is 2.05 bits per heavy atom. The van der Waals surface area contributed by atoms with Crippen molar-refractivity contribution in [3.63, 3.8) is 0 Å². The highest BCUT2D eigenvalue weighted by molar-refractivity contribution is 7.15. The topological polar surface area (TPSA) is 42.4 Å². The van der Waals surface area contributed by atoms with Gasteiger partial charge in [0.25, 0.3) is 0 Å². The monoisotopic (exact) mass is 282 g/mol. The van der Waals surface area contributed by atoms with Crippen molar-refractivity contribution in [2.75, 3.05) is 25.1 Å². The van der Waals surface area contributed by atoms with E-state index >= 15 is 0 Å². The lowest BCUT2D eigenvalue weighted by atomic mass is 9.87. The number of ether oxygens (including phenoxy) is 1. The van der Waals surface area contributed by atoms with Gasteiger partial charge in [0, 0.05) is 18.0 Å². The molecule has 0 aliphatic carbocycles. The summed E-state index contributed by atoms with van der Waals surface area (Å²) >= 11 is 1.59. The Morgan fingerprint density at radius 3 is 2.58 bits per heavy atom. The number of thiazole rings is 1. The maximum absolute atomic E-state index is 11.6. The fourth-order valence-corrected chi connectivity index (χ4v) is 3.51. The number of nitrogens with zero attached hydrogens (tertiary/aromatic N) is 2. The Bertz CT molecular complexity index is 448. The minimum atomic E-state index is -0.336. The molecule has 0 aromatic carbocycles. The van der Waals surface area contributed by atoms with Crippen molar-refractivity contribution in [3.8, 4) is 0 Å². The maximum Gasteiger partial charge on any atom is 0.357 e. The Labute approximate surface area is 118 Å². The average Bonchev–Trinajstić information content (AvgIpc) is 2.80. The number of hydrogen-bond donors (Lipinski definition) is 0. The van der Waals surface area contributed by atoms with E-state index in [0.717, 1.165) is 34.9 Å². The van der Waals surface area contributed by atoms with Crippen LogP contribution in [0, 0.1) is 18.8 Å². The van der Waals surface area contributed by atoms with Crippen LogP contribution >= 0.6 is 11.3 Å². The molecule has 1 saturated heterocycles. The van der Waals surface area contributed by atoms with Gasteiger partial charge in [-0.15, -0.1) is 11.3 Å². The summed E-state index contributed by atoms with van der Waals surface area (Å²) in [5.74, 6) is 1.24. The second-order valence-corrected chi connectivity index (χ2v) is 6.64. The molecule has 106 valence electrons. The van der Waals surface area contributed by atoms with Crippen LogP contribution in [0.5, 0.6) is 0 Å². The first-order valence-electron chi connectivity index (χ1n) is 6.83. The molecule has 19 heavy (non-hydrogen) atoms. The first-order chi connectivity index (χ1) is 9.02. The van der Waals surface area contributed by atoms with E-state index in [1.807, 2.05) is 6.92 Å². The van der Waals surface area contributed by atoms with E-state index in [1.54, 1.807) is 11.3 Å². The Balaban J connectivity index is 2.06. The van der Waals surface area contributed by atoms with Gasteiger partial charge >= 0.3 is 5.97 Å². The highest BCUT2D eigenvalue weighted by Gasteiger charge is 2.25. The zero-order chi connectivity index (χ0) is 14.0. The van der Waals surface area contributed by atoms with Crippen LogP contribution in [0.3, 0.4) is 0 Å². The zero-order valence-electron chi connectivity index (χ0n) is 12.1. The molecule has 4 nitrogen and oxygen atoms in total. The smallest absolute Gasteiger partial charge is 0.357 e. The Hall–Kier alpha value is -1.10. The van der Waals surface area contributed by atoms with Crippen molar-refractivity contribution in [2.24, 2.45) is 11.8 Å². The molecule has 1 aliphatic heterocycles. The molecular weight excluding hydrogens is 260 g/mol. The van der Waals surface area contributed by atoms with Gasteiger partial charge in [0.1, 0.15) is 0 Å². The number of anilines is 1. The van der Waals surface area contributed by atoms with Crippen molar-refractivity contribution in [1.29, 1.82) is 0 Å². The van der Waals surface area contributed by atoms with E-state index in [-0.39, 0.29) is 5.97 Å². The summed E-state index contributed by atoms with van der Waals surface area (Å²) in [5.41, 5.74) is 0.466. The lowest BCUT2D eigenvalue weighted by Crippen LogP contribution is -2.35. The van der Waals surface area contributed by atoms with Gasteiger partial charge < -0.3 is 9.64 Å². The number of rotatable bonds is 3. The van der Waals surface area contributed by atoms with Gasteiger partial charge in [0.05, 0.1) is 7.11 Å². The van der Waals surface area contributed by atoms with Crippen LogP contribution in [-0.2, 0) is 4.74 Å². The highest BCUT2D eigenvalue weighted by atomic mass is 32.1. The van der Waals surface area contributed by atoms with Crippen LogP contribution in [0.2, 0.25) is 0 Å². The van der Waals surface area contributed by atoms with Crippen molar-refractivity contribution in [3.05, 3.63) is 10.6 Å². The molecule has 2 rings (SSSR count). The van der Waals surface area contributed by atoms with Gasteiger partial charge in [-0.3, -0.25) is 0 Å². The summed E-state index contributed by atoms with van der Waals surface area (Å²) in [6, 6.07) is 0. The molecule has 1 fully saturated rings. The first-order valence-corrected chi connectivity index (χ1v) is 7.65. The number of aromatic nitrogens is 1. The highest BCUT2D eigenvalue weighted by Crippen LogP contribution is 2.31. The third kappa shape index (κ3) is 3.08. The molecule has 0 amide bonds. The molecule has 1 aromatic rings. The van der Waals surface area contributed by atoms with Crippen molar-refractivity contribution >= 4 is 22.4 Å². The normalized spacial score (nSPS) is 17.0. The second kappa shape index (κ2) is 5.90. The fraction of sp³-hybridized carbons (Fsp3) is 0.714. The molecule has 0 saturated carbocycles. The summed E-state index contributed by atoms with van der Waals surface area (Å²) < 4.78 is 4.75. The lowest BCUT2D eigenvalue weighted by molar-refractivity contribution is 0.0594. The summed E-state index contributed by atoms with van der Waals surface area (Å²) in [4.78, 5) is 19.3. The Morgan fingerprint density at radius 1 is 1.42 bits per heavy atom. The number of piperidine rings is 1. The SMILES string of the molecule is COC(=O)c1nc(N2CCC(C(C)C)CC2)sc1C. The van der Waals surface area contributed by atoms with Crippen molar-refractivity contribution < 1.29 is 9.53 Å². The lowest BCUT2D eigenvalue weighted by Gasteiger charge is -2.33. The summed E-state index contributed by atoms with van der Waals surface area (Å²) in [5, 5.41) is 0.958. The minimum Gasteiger partial charge on any atom is -0.464 e. The minimum absolute atomic E-state index is 0.336. The Kier molecular flexibility index (Phi) is 4.45. The quantitative estimate of drug-likeness (QED) is 0.799. The van der Waals surface area contributed by atoms with Crippen LogP contribution in [0.4, 0.5) is 5.13 Å². The molecule has 2 heterocycles. The molecular formula is C14H22N2O2S. The van der Waals surface area contributed by atoms with Crippen LogP contribution in [0.25, 0.3) is 0 Å². The standard InChI is InChI=1S/C14H22N2O2S/c1-9(2)11-5-7-16(8-6-11)14-15-12(10(3)19-14)13(17)18-4/h9,11H,5-8H2,1-4H3. The molecule has 0 bridgehead atoms. The van der Waals surface area contributed by atoms with Crippen LogP contribution in [-0.4, -0.2) is 31.2 Å². The third-order valence-corrected chi connectivity index (χ3v) is 4.95. The van der Waals surface area contributed by atoms with Crippen LogP contribution in [0.1, 0.15) is 42.1 Å². The fourth-order valence-electron chi connectivity index (χ4n) is 2.56. The van der Waals surface area contributed by atoms with Crippen LogP contribution < -0.4 is 4.90 Å². The van der Waals surface area contributed by atoms with E-state index in [4.69, 9.17) is 4.74 Å². The van der Waals surface area contributed by atoms with E-state index < -0.39 is 0 Å². The predicted molar refractivity (Wildman–Crippen MR) is 78.0 cm³/mol. The molecule has 0 unspecified atom stereocenters. The number of aryl methyl sites for hydroxylation is 1. The molecule has 5 heteroatoms. The first kappa shape index (κ1) is 14.3. The number of hydrogen-bond acceptors (Lipinski definition) is 5. The van der Waals surface area contributed by atoms with Crippen molar-refractivity contribution in [2.45, 2.75) is 33.6 Å². The summed E-state index contributed by atoms with van der Waals surface area (Å²) in [7, 11) is 1.40. The van der Waals surface area contributed by atoms with Gasteiger partial charge in [-0.1, -0.05) is 13.8 Å². The zero-order valence-corrected chi connectivity index (χ0v) is 12.9. The molecule has 0 N–H and O–H groups in total. The van der Waals surface area contributed by atoms with E-state index in [9.17, 15) is 4.79 Å². The average molecular weight is 282 g/mol. The molecule has 0 radical (unpaired) electrons.